The maximum atomic E-state index is 12.9. The fourth-order valence-corrected chi connectivity index (χ4v) is 5.91. The molecule has 2 fully saturated rings. The molecule has 0 unspecified atom stereocenters. The molecule has 0 bridgehead atoms. The molecule has 3 aromatic carbocycles. The Morgan fingerprint density at radius 1 is 0.957 bits per heavy atom. The van der Waals surface area contributed by atoms with Crippen LogP contribution in [-0.4, -0.2) is 107 Å². The molecule has 0 spiro atoms. The molecular weight excluding hydrogens is 594 g/mol. The summed E-state index contributed by atoms with van der Waals surface area (Å²) in [6.45, 7) is 6.65. The molecular formula is C36H45N7O4. The summed E-state index contributed by atoms with van der Waals surface area (Å²) in [6.07, 6.45) is 4.03. The van der Waals surface area contributed by atoms with Gasteiger partial charge in [-0.05, 0) is 56.8 Å². The Kier molecular flexibility index (Phi) is 11.2. The number of anilines is 2. The zero-order valence-electron chi connectivity index (χ0n) is 27.3. The van der Waals surface area contributed by atoms with Crippen molar-refractivity contribution >= 4 is 34.5 Å². The van der Waals surface area contributed by atoms with Gasteiger partial charge in [-0.25, -0.2) is 4.98 Å². The second-order valence-electron chi connectivity index (χ2n) is 12.7. The molecule has 4 aromatic rings. The number of nitrogens with two attached hydrogens (primary N) is 1. The molecule has 47 heavy (non-hydrogen) atoms. The number of rotatable bonds is 8. The van der Waals surface area contributed by atoms with Gasteiger partial charge in [-0.2, -0.15) is 0 Å². The van der Waals surface area contributed by atoms with Crippen molar-refractivity contribution in [3.05, 3.63) is 89.0 Å². The zero-order valence-corrected chi connectivity index (χ0v) is 27.3. The number of likely N-dealkylation sites (N-methyl/N-ethyl adjacent to an activating group) is 1. The number of nitrogens with zero attached hydrogens (tertiary/aromatic N) is 5. The van der Waals surface area contributed by atoms with Gasteiger partial charge in [0.1, 0.15) is 6.29 Å². The van der Waals surface area contributed by atoms with E-state index in [1.165, 1.54) is 10.9 Å². The van der Waals surface area contributed by atoms with Crippen LogP contribution in [0.4, 0.5) is 11.4 Å². The number of aldehydes is 1. The Balaban J connectivity index is 0.000000241. The highest BCUT2D eigenvalue weighted by Gasteiger charge is 2.32. The predicted octanol–water partition coefficient (Wildman–Crippen LogP) is 3.18. The average molecular weight is 640 g/mol. The summed E-state index contributed by atoms with van der Waals surface area (Å²) in [5.41, 5.74) is 9.42. The monoisotopic (exact) mass is 639 g/mol. The quantitative estimate of drug-likeness (QED) is 0.196. The van der Waals surface area contributed by atoms with Crippen LogP contribution in [0.1, 0.15) is 29.6 Å². The summed E-state index contributed by atoms with van der Waals surface area (Å²) < 4.78 is 1.50. The van der Waals surface area contributed by atoms with Crippen molar-refractivity contribution in [2.24, 2.45) is 0 Å². The van der Waals surface area contributed by atoms with Crippen molar-refractivity contribution in [2.75, 3.05) is 71.0 Å². The van der Waals surface area contributed by atoms with E-state index >= 15 is 0 Å². The molecule has 0 atom stereocenters. The highest BCUT2D eigenvalue weighted by molar-refractivity contribution is 5.93. The molecule has 11 heteroatoms. The van der Waals surface area contributed by atoms with E-state index in [4.69, 9.17) is 5.73 Å². The number of nitrogens with one attached hydrogen (secondary N) is 1. The number of fused-ring (bicyclic) bond motifs is 1. The van der Waals surface area contributed by atoms with E-state index in [1.807, 2.05) is 43.4 Å². The third-order valence-electron chi connectivity index (χ3n) is 9.06. The number of piperidine rings is 1. The van der Waals surface area contributed by atoms with Gasteiger partial charge < -0.3 is 30.9 Å². The molecule has 2 saturated heterocycles. The number of carbonyl (C=O) groups is 2. The molecule has 3 heterocycles. The normalized spacial score (nSPS) is 17.1. The van der Waals surface area contributed by atoms with Crippen molar-refractivity contribution in [1.82, 2.24) is 24.3 Å². The lowest BCUT2D eigenvalue weighted by molar-refractivity contribution is -0.116. The maximum absolute atomic E-state index is 12.9. The van der Waals surface area contributed by atoms with Gasteiger partial charge in [0.15, 0.2) is 0 Å². The zero-order chi connectivity index (χ0) is 33.4. The van der Waals surface area contributed by atoms with E-state index in [-0.39, 0.29) is 18.0 Å². The van der Waals surface area contributed by atoms with Crippen LogP contribution in [0.15, 0.2) is 77.9 Å². The van der Waals surface area contributed by atoms with Crippen LogP contribution in [0, 0.1) is 0 Å². The Labute approximate surface area is 275 Å². The van der Waals surface area contributed by atoms with E-state index in [9.17, 15) is 19.5 Å². The number of nitrogen functional groups attached to an aromatic ring is 1. The standard InChI is InChI=1S/C23H34N6O3.C13H11NO/c1-26-9-6-23(32,7-10-26)16-29-17-24-20-15-18(3-4-19(20)22(29)31)25-21(30)5-8-28-13-11-27(2)12-14-28;14-13-4-2-1-3-12(13)11-7-5-10(9-15)6-8-11/h3-4,15,17,32H,5-14,16H2,1-2H3,(H,25,30);1-9H,14H2. The van der Waals surface area contributed by atoms with Crippen LogP contribution in [0.2, 0.25) is 0 Å². The second-order valence-corrected chi connectivity index (χ2v) is 12.7. The van der Waals surface area contributed by atoms with E-state index in [2.05, 4.69) is 32.0 Å². The third kappa shape index (κ3) is 9.11. The summed E-state index contributed by atoms with van der Waals surface area (Å²) in [6, 6.07) is 20.2. The number of hydrogen-bond acceptors (Lipinski definition) is 9. The van der Waals surface area contributed by atoms with Gasteiger partial charge in [-0.15, -0.1) is 0 Å². The summed E-state index contributed by atoms with van der Waals surface area (Å²) in [4.78, 5) is 47.0. The molecule has 1 aromatic heterocycles. The number of likely N-dealkylation sites (tertiary alicyclic amines) is 1. The van der Waals surface area contributed by atoms with Crippen LogP contribution in [0.5, 0.6) is 0 Å². The van der Waals surface area contributed by atoms with Crippen LogP contribution < -0.4 is 16.6 Å². The number of carbonyl (C=O) groups excluding carboxylic acids is 2. The largest absolute Gasteiger partial charge is 0.398 e. The van der Waals surface area contributed by atoms with Crippen molar-refractivity contribution in [1.29, 1.82) is 0 Å². The fourth-order valence-electron chi connectivity index (χ4n) is 5.91. The first-order valence-corrected chi connectivity index (χ1v) is 16.1. The summed E-state index contributed by atoms with van der Waals surface area (Å²) in [5, 5.41) is 14.3. The number of benzene rings is 3. The third-order valence-corrected chi connectivity index (χ3v) is 9.06. The van der Waals surface area contributed by atoms with Crippen molar-refractivity contribution in [3.8, 4) is 11.1 Å². The van der Waals surface area contributed by atoms with Gasteiger partial charge in [0.05, 0.1) is 29.4 Å². The second kappa shape index (κ2) is 15.4. The molecule has 0 aliphatic carbocycles. The average Bonchev–Trinajstić information content (AvgIpc) is 3.08. The fraction of sp³-hybridized carbons (Fsp3) is 0.389. The topological polar surface area (TPSA) is 137 Å². The van der Waals surface area contributed by atoms with Crippen LogP contribution in [0.3, 0.4) is 0 Å². The van der Waals surface area contributed by atoms with E-state index in [0.717, 1.165) is 68.9 Å². The lowest BCUT2D eigenvalue weighted by atomic mass is 9.91. The Morgan fingerprint density at radius 2 is 1.64 bits per heavy atom. The predicted molar refractivity (Wildman–Crippen MR) is 187 cm³/mol. The number of aromatic nitrogens is 2. The Morgan fingerprint density at radius 3 is 2.32 bits per heavy atom. The molecule has 0 radical (unpaired) electrons. The summed E-state index contributed by atoms with van der Waals surface area (Å²) >= 11 is 0. The first-order chi connectivity index (χ1) is 22.6. The molecule has 2 aliphatic heterocycles. The van der Waals surface area contributed by atoms with Gasteiger partial charge >= 0.3 is 0 Å². The van der Waals surface area contributed by atoms with Crippen molar-refractivity contribution < 1.29 is 14.7 Å². The first-order valence-electron chi connectivity index (χ1n) is 16.1. The number of hydrogen-bond donors (Lipinski definition) is 3. The molecule has 11 nitrogen and oxygen atoms in total. The lowest BCUT2D eigenvalue weighted by Gasteiger charge is -2.36. The minimum atomic E-state index is -0.886. The van der Waals surface area contributed by atoms with Gasteiger partial charge in [0.2, 0.25) is 5.91 Å². The highest BCUT2D eigenvalue weighted by atomic mass is 16.3. The smallest absolute Gasteiger partial charge is 0.261 e. The summed E-state index contributed by atoms with van der Waals surface area (Å²) in [7, 11) is 4.15. The minimum absolute atomic E-state index is 0.0406. The van der Waals surface area contributed by atoms with E-state index in [0.29, 0.717) is 41.4 Å². The number of aliphatic hydroxyl groups is 1. The van der Waals surface area contributed by atoms with Crippen LogP contribution in [0.25, 0.3) is 22.0 Å². The molecule has 1 amide bonds. The van der Waals surface area contributed by atoms with Gasteiger partial charge in [0.25, 0.3) is 5.56 Å². The Hall–Kier alpha value is -4.42. The van der Waals surface area contributed by atoms with Crippen molar-refractivity contribution in [3.63, 3.8) is 0 Å². The molecule has 4 N–H and O–H groups in total. The van der Waals surface area contributed by atoms with Gasteiger partial charge in [0, 0.05) is 74.7 Å². The molecule has 2 aliphatic rings. The van der Waals surface area contributed by atoms with Crippen LogP contribution in [-0.2, 0) is 11.3 Å². The number of amides is 1. The first kappa shape index (κ1) is 33.9. The van der Waals surface area contributed by atoms with E-state index in [1.54, 1.807) is 30.3 Å². The Bertz CT molecular complexity index is 1720. The molecule has 0 saturated carbocycles. The van der Waals surface area contributed by atoms with Crippen molar-refractivity contribution in [2.45, 2.75) is 31.4 Å². The maximum Gasteiger partial charge on any atom is 0.261 e. The van der Waals surface area contributed by atoms with E-state index < -0.39 is 5.60 Å². The molecule has 248 valence electrons. The minimum Gasteiger partial charge on any atom is -0.398 e. The number of para-hydroxylation sites is 1. The molecule has 6 rings (SSSR count). The number of piperazine rings is 1. The van der Waals surface area contributed by atoms with Gasteiger partial charge in [-0.3, -0.25) is 19.0 Å². The van der Waals surface area contributed by atoms with Crippen LogP contribution >= 0.6 is 0 Å². The highest BCUT2D eigenvalue weighted by Crippen LogP contribution is 2.25. The SMILES string of the molecule is CN1CCN(CCC(=O)Nc2ccc3c(=O)n(CC4(O)CCN(C)CC4)cnc3c2)CC1.Nc1ccccc1-c1ccc(C=O)cc1. The van der Waals surface area contributed by atoms with Gasteiger partial charge in [-0.1, -0.05) is 42.5 Å². The summed E-state index contributed by atoms with van der Waals surface area (Å²) in [5.74, 6) is -0.0406. The lowest BCUT2D eigenvalue weighted by Crippen LogP contribution is -2.47.